The zero-order chi connectivity index (χ0) is 14.7. The first-order valence-corrected chi connectivity index (χ1v) is 6.94. The van der Waals surface area contributed by atoms with Crippen molar-refractivity contribution < 1.29 is 13.9 Å². The molecule has 0 spiro atoms. The minimum absolute atomic E-state index is 0.124. The third kappa shape index (κ3) is 3.63. The smallest absolute Gasteiger partial charge is 0.167 e. The molecule has 0 saturated carbocycles. The Morgan fingerprint density at radius 1 is 1.15 bits per heavy atom. The summed E-state index contributed by atoms with van der Waals surface area (Å²) in [6.07, 6.45) is -0.133. The topological polar surface area (TPSA) is 44.5 Å². The maximum atomic E-state index is 13.7. The molecule has 0 aliphatic rings. The van der Waals surface area contributed by atoms with Gasteiger partial charge < -0.3 is 15.2 Å². The number of halogens is 2. The lowest BCUT2D eigenvalue weighted by Crippen LogP contribution is -2.07. The Morgan fingerprint density at radius 2 is 1.90 bits per heavy atom. The van der Waals surface area contributed by atoms with E-state index in [-0.39, 0.29) is 17.5 Å². The van der Waals surface area contributed by atoms with Gasteiger partial charge in [-0.15, -0.1) is 0 Å². The van der Waals surface area contributed by atoms with Gasteiger partial charge in [0.15, 0.2) is 17.3 Å². The maximum absolute atomic E-state index is 13.7. The predicted octanol–water partition coefficient (Wildman–Crippen LogP) is 4.75. The highest BCUT2D eigenvalue weighted by Gasteiger charge is 2.12. The van der Waals surface area contributed by atoms with Gasteiger partial charge >= 0.3 is 0 Å². The Morgan fingerprint density at radius 3 is 2.55 bits per heavy atom. The molecule has 0 amide bonds. The van der Waals surface area contributed by atoms with Crippen molar-refractivity contribution in [1.29, 1.82) is 0 Å². The Bertz CT molecular complexity index is 617. The molecule has 106 valence electrons. The Kier molecular flexibility index (Phi) is 4.49. The fourth-order valence-electron chi connectivity index (χ4n) is 1.64. The van der Waals surface area contributed by atoms with Crippen molar-refractivity contribution >= 4 is 21.6 Å². The summed E-state index contributed by atoms with van der Waals surface area (Å²) in [7, 11) is 0. The van der Waals surface area contributed by atoms with Crippen LogP contribution in [0.15, 0.2) is 40.9 Å². The van der Waals surface area contributed by atoms with Crippen molar-refractivity contribution in [3.63, 3.8) is 0 Å². The van der Waals surface area contributed by atoms with Crippen LogP contribution >= 0.6 is 15.9 Å². The van der Waals surface area contributed by atoms with Crippen LogP contribution in [-0.4, -0.2) is 6.10 Å². The maximum Gasteiger partial charge on any atom is 0.167 e. The fourth-order valence-corrected chi connectivity index (χ4v) is 2.02. The van der Waals surface area contributed by atoms with E-state index in [1.807, 2.05) is 26.0 Å². The minimum Gasteiger partial charge on any atom is -0.488 e. The van der Waals surface area contributed by atoms with Gasteiger partial charge in [0.1, 0.15) is 5.75 Å². The van der Waals surface area contributed by atoms with Crippen LogP contribution in [-0.2, 0) is 0 Å². The van der Waals surface area contributed by atoms with E-state index >= 15 is 0 Å². The second kappa shape index (κ2) is 6.13. The van der Waals surface area contributed by atoms with Crippen LogP contribution in [0.4, 0.5) is 10.1 Å². The highest BCUT2D eigenvalue weighted by Crippen LogP contribution is 2.34. The first kappa shape index (κ1) is 14.7. The van der Waals surface area contributed by atoms with E-state index in [1.54, 1.807) is 12.1 Å². The largest absolute Gasteiger partial charge is 0.488 e. The van der Waals surface area contributed by atoms with Gasteiger partial charge in [-0.1, -0.05) is 22.0 Å². The van der Waals surface area contributed by atoms with E-state index in [1.165, 1.54) is 12.1 Å². The molecule has 0 aliphatic heterocycles. The van der Waals surface area contributed by atoms with Crippen LogP contribution < -0.4 is 15.2 Å². The summed E-state index contributed by atoms with van der Waals surface area (Å²) in [5.74, 6) is 0.588. The average Bonchev–Trinajstić information content (AvgIpc) is 2.34. The number of rotatable bonds is 4. The molecule has 3 nitrogen and oxygen atoms in total. The van der Waals surface area contributed by atoms with Crippen LogP contribution in [0.5, 0.6) is 17.2 Å². The van der Waals surface area contributed by atoms with Gasteiger partial charge in [0, 0.05) is 16.6 Å². The minimum atomic E-state index is -0.502. The summed E-state index contributed by atoms with van der Waals surface area (Å²) in [5.41, 5.74) is 6.00. The summed E-state index contributed by atoms with van der Waals surface area (Å²) >= 11 is 3.36. The molecule has 0 saturated heterocycles. The Labute approximate surface area is 125 Å². The molecule has 0 aromatic heterocycles. The van der Waals surface area contributed by atoms with Crippen molar-refractivity contribution in [3.8, 4) is 17.2 Å². The standard InChI is InChI=1S/C15H15BrFNO2/c1-9(2)19-14-8-15(13(18)7-12(14)17)20-11-5-3-4-10(16)6-11/h3-9H,18H2,1-2H3. The molecule has 5 heteroatoms. The van der Waals surface area contributed by atoms with Crippen LogP contribution in [0, 0.1) is 5.82 Å². The molecule has 0 atom stereocenters. The van der Waals surface area contributed by atoms with E-state index in [0.29, 0.717) is 11.5 Å². The molecule has 0 aliphatic carbocycles. The molecule has 2 rings (SSSR count). The molecule has 20 heavy (non-hydrogen) atoms. The van der Waals surface area contributed by atoms with Crippen molar-refractivity contribution in [2.24, 2.45) is 0 Å². The van der Waals surface area contributed by atoms with Crippen LogP contribution in [0.1, 0.15) is 13.8 Å². The molecule has 0 bridgehead atoms. The van der Waals surface area contributed by atoms with E-state index < -0.39 is 5.82 Å². The van der Waals surface area contributed by atoms with Crippen LogP contribution in [0.3, 0.4) is 0 Å². The Balaban J connectivity index is 2.31. The SMILES string of the molecule is CC(C)Oc1cc(Oc2cccc(Br)c2)c(N)cc1F. The number of hydrogen-bond donors (Lipinski definition) is 1. The number of anilines is 1. The second-order valence-corrected chi connectivity index (χ2v) is 5.46. The first-order valence-electron chi connectivity index (χ1n) is 6.15. The molecule has 2 aromatic carbocycles. The van der Waals surface area contributed by atoms with E-state index in [2.05, 4.69) is 15.9 Å². The third-order valence-corrected chi connectivity index (χ3v) is 2.94. The molecule has 2 aromatic rings. The monoisotopic (exact) mass is 339 g/mol. The van der Waals surface area contributed by atoms with Crippen molar-refractivity contribution in [3.05, 3.63) is 46.7 Å². The van der Waals surface area contributed by atoms with Gasteiger partial charge in [0.2, 0.25) is 0 Å². The van der Waals surface area contributed by atoms with Crippen molar-refractivity contribution in [1.82, 2.24) is 0 Å². The average molecular weight is 340 g/mol. The molecule has 0 fully saturated rings. The predicted molar refractivity (Wildman–Crippen MR) is 80.8 cm³/mol. The van der Waals surface area contributed by atoms with Gasteiger partial charge in [-0.25, -0.2) is 4.39 Å². The molecular formula is C15H15BrFNO2. The normalized spacial score (nSPS) is 10.7. The second-order valence-electron chi connectivity index (χ2n) is 4.55. The number of nitrogens with two attached hydrogens (primary N) is 1. The lowest BCUT2D eigenvalue weighted by Gasteiger charge is -2.14. The molecule has 0 radical (unpaired) electrons. The van der Waals surface area contributed by atoms with E-state index in [4.69, 9.17) is 15.2 Å². The summed E-state index contributed by atoms with van der Waals surface area (Å²) in [4.78, 5) is 0. The third-order valence-electron chi connectivity index (χ3n) is 2.45. The zero-order valence-electron chi connectivity index (χ0n) is 11.2. The van der Waals surface area contributed by atoms with E-state index in [0.717, 1.165) is 4.47 Å². The van der Waals surface area contributed by atoms with Crippen molar-refractivity contribution in [2.75, 3.05) is 5.73 Å². The Hall–Kier alpha value is -1.75. The number of nitrogen functional groups attached to an aromatic ring is 1. The first-order chi connectivity index (χ1) is 9.45. The lowest BCUT2D eigenvalue weighted by atomic mass is 10.2. The van der Waals surface area contributed by atoms with Gasteiger partial charge in [0.25, 0.3) is 0 Å². The molecule has 2 N–H and O–H groups in total. The summed E-state index contributed by atoms with van der Waals surface area (Å²) in [6.45, 7) is 3.65. The summed E-state index contributed by atoms with van der Waals surface area (Å²) in [6, 6.07) is 9.97. The van der Waals surface area contributed by atoms with Gasteiger partial charge in [-0.3, -0.25) is 0 Å². The number of hydrogen-bond acceptors (Lipinski definition) is 3. The number of benzene rings is 2. The van der Waals surface area contributed by atoms with Gasteiger partial charge in [-0.05, 0) is 32.0 Å². The number of ether oxygens (including phenoxy) is 2. The fraction of sp³-hybridized carbons (Fsp3) is 0.200. The van der Waals surface area contributed by atoms with Crippen LogP contribution in [0.25, 0.3) is 0 Å². The van der Waals surface area contributed by atoms with Gasteiger partial charge in [-0.2, -0.15) is 0 Å². The zero-order valence-corrected chi connectivity index (χ0v) is 12.8. The molecular weight excluding hydrogens is 325 g/mol. The van der Waals surface area contributed by atoms with Crippen molar-refractivity contribution in [2.45, 2.75) is 20.0 Å². The molecule has 0 heterocycles. The van der Waals surface area contributed by atoms with Crippen LogP contribution in [0.2, 0.25) is 0 Å². The summed E-state index contributed by atoms with van der Waals surface area (Å²) < 4.78 is 25.7. The van der Waals surface area contributed by atoms with Gasteiger partial charge in [0.05, 0.1) is 11.8 Å². The summed E-state index contributed by atoms with van der Waals surface area (Å²) in [5, 5.41) is 0. The quantitative estimate of drug-likeness (QED) is 0.817. The highest BCUT2D eigenvalue weighted by atomic mass is 79.9. The lowest BCUT2D eigenvalue weighted by molar-refractivity contribution is 0.230. The highest BCUT2D eigenvalue weighted by molar-refractivity contribution is 9.10. The molecule has 0 unspecified atom stereocenters. The van der Waals surface area contributed by atoms with E-state index in [9.17, 15) is 4.39 Å².